The standard InChI is InChI=1S/C10H15N3O2/c1-6-9(15-7(2)12-6)10(14)13-4-3-8(11)5-13/h8H,3-5,11H2,1-2H3/t8-/m1/s1. The fourth-order valence-electron chi connectivity index (χ4n) is 1.85. The monoisotopic (exact) mass is 209 g/mol. The molecule has 0 bridgehead atoms. The lowest BCUT2D eigenvalue weighted by Gasteiger charge is -2.13. The maximum Gasteiger partial charge on any atom is 0.291 e. The van der Waals surface area contributed by atoms with Crippen LogP contribution < -0.4 is 5.73 Å². The lowest BCUT2D eigenvalue weighted by atomic mass is 10.3. The van der Waals surface area contributed by atoms with Crippen molar-refractivity contribution in [1.29, 1.82) is 0 Å². The van der Waals surface area contributed by atoms with Crippen LogP contribution in [0.1, 0.15) is 28.6 Å². The van der Waals surface area contributed by atoms with Crippen LogP contribution in [0, 0.1) is 13.8 Å². The van der Waals surface area contributed by atoms with Crippen molar-refractivity contribution in [3.8, 4) is 0 Å². The molecule has 1 atom stereocenters. The number of carbonyl (C=O) groups excluding carboxylic acids is 1. The van der Waals surface area contributed by atoms with Crippen LogP contribution in [0.25, 0.3) is 0 Å². The van der Waals surface area contributed by atoms with Crippen molar-refractivity contribution in [1.82, 2.24) is 9.88 Å². The van der Waals surface area contributed by atoms with E-state index in [0.717, 1.165) is 6.42 Å². The molecule has 0 spiro atoms. The molecule has 1 fully saturated rings. The summed E-state index contributed by atoms with van der Waals surface area (Å²) < 4.78 is 5.28. The first-order chi connectivity index (χ1) is 7.08. The van der Waals surface area contributed by atoms with E-state index in [1.807, 2.05) is 0 Å². The molecule has 2 N–H and O–H groups in total. The number of oxazole rings is 1. The molecule has 2 heterocycles. The van der Waals surface area contributed by atoms with Crippen molar-refractivity contribution < 1.29 is 9.21 Å². The highest BCUT2D eigenvalue weighted by Crippen LogP contribution is 2.16. The van der Waals surface area contributed by atoms with Gasteiger partial charge in [-0.3, -0.25) is 4.79 Å². The number of hydrogen-bond donors (Lipinski definition) is 1. The maximum absolute atomic E-state index is 12.0. The number of nitrogens with two attached hydrogens (primary N) is 1. The number of aryl methyl sites for hydroxylation is 2. The average molecular weight is 209 g/mol. The quantitative estimate of drug-likeness (QED) is 0.729. The van der Waals surface area contributed by atoms with E-state index < -0.39 is 0 Å². The summed E-state index contributed by atoms with van der Waals surface area (Å²) in [5.74, 6) is 0.780. The predicted molar refractivity (Wildman–Crippen MR) is 54.5 cm³/mol. The normalized spacial score (nSPS) is 21.0. The molecule has 15 heavy (non-hydrogen) atoms. The van der Waals surface area contributed by atoms with Gasteiger partial charge in [-0.15, -0.1) is 0 Å². The van der Waals surface area contributed by atoms with Crippen LogP contribution in [0.3, 0.4) is 0 Å². The number of aromatic nitrogens is 1. The average Bonchev–Trinajstić information content (AvgIpc) is 2.71. The molecule has 1 aliphatic rings. The Kier molecular flexibility index (Phi) is 2.48. The SMILES string of the molecule is Cc1nc(C)c(C(=O)N2CC[C@@H](N)C2)o1. The number of likely N-dealkylation sites (tertiary alicyclic amines) is 1. The molecule has 1 saturated heterocycles. The molecular formula is C10H15N3O2. The van der Waals surface area contributed by atoms with E-state index in [1.165, 1.54) is 0 Å². The van der Waals surface area contributed by atoms with Crippen LogP contribution in [0.2, 0.25) is 0 Å². The fraction of sp³-hybridized carbons (Fsp3) is 0.600. The molecule has 5 nitrogen and oxygen atoms in total. The van der Waals surface area contributed by atoms with Gasteiger partial charge in [0.25, 0.3) is 5.91 Å². The Labute approximate surface area is 88.3 Å². The van der Waals surface area contributed by atoms with Crippen molar-refractivity contribution in [3.63, 3.8) is 0 Å². The summed E-state index contributed by atoms with van der Waals surface area (Å²) in [5.41, 5.74) is 6.40. The highest BCUT2D eigenvalue weighted by molar-refractivity contribution is 5.92. The molecule has 82 valence electrons. The van der Waals surface area contributed by atoms with Crippen LogP contribution in [0.4, 0.5) is 0 Å². The Bertz CT molecular complexity index is 386. The molecular weight excluding hydrogens is 194 g/mol. The van der Waals surface area contributed by atoms with Crippen LogP contribution in [-0.4, -0.2) is 34.9 Å². The third-order valence-corrected chi connectivity index (χ3v) is 2.61. The van der Waals surface area contributed by atoms with Gasteiger partial charge in [-0.2, -0.15) is 0 Å². The first kappa shape index (κ1) is 10.2. The predicted octanol–water partition coefficient (Wildman–Crippen LogP) is 0.465. The van der Waals surface area contributed by atoms with Crippen LogP contribution in [0.5, 0.6) is 0 Å². The zero-order valence-electron chi connectivity index (χ0n) is 8.99. The third kappa shape index (κ3) is 1.87. The van der Waals surface area contributed by atoms with Crippen molar-refractivity contribution in [2.75, 3.05) is 13.1 Å². The molecule has 1 aromatic heterocycles. The zero-order chi connectivity index (χ0) is 11.0. The molecule has 1 aliphatic heterocycles. The second kappa shape index (κ2) is 3.66. The van der Waals surface area contributed by atoms with E-state index in [9.17, 15) is 4.79 Å². The van der Waals surface area contributed by atoms with E-state index in [0.29, 0.717) is 30.4 Å². The number of rotatable bonds is 1. The highest BCUT2D eigenvalue weighted by Gasteiger charge is 2.28. The van der Waals surface area contributed by atoms with Gasteiger partial charge < -0.3 is 15.1 Å². The first-order valence-electron chi connectivity index (χ1n) is 5.07. The van der Waals surface area contributed by atoms with Gasteiger partial charge in [-0.1, -0.05) is 0 Å². The number of carbonyl (C=O) groups is 1. The summed E-state index contributed by atoms with van der Waals surface area (Å²) in [6.45, 7) is 4.83. The Morgan fingerprint density at radius 1 is 1.60 bits per heavy atom. The molecule has 2 rings (SSSR count). The second-order valence-electron chi connectivity index (χ2n) is 3.95. The summed E-state index contributed by atoms with van der Waals surface area (Å²) in [4.78, 5) is 17.8. The topological polar surface area (TPSA) is 72.4 Å². The highest BCUT2D eigenvalue weighted by atomic mass is 16.4. The molecule has 5 heteroatoms. The van der Waals surface area contributed by atoms with Crippen molar-refractivity contribution in [2.45, 2.75) is 26.3 Å². The minimum absolute atomic E-state index is 0.0956. The summed E-state index contributed by atoms with van der Waals surface area (Å²) in [5, 5.41) is 0. The Balaban J connectivity index is 2.17. The van der Waals surface area contributed by atoms with E-state index >= 15 is 0 Å². The number of nitrogens with zero attached hydrogens (tertiary/aromatic N) is 2. The van der Waals surface area contributed by atoms with E-state index in [2.05, 4.69) is 4.98 Å². The lowest BCUT2D eigenvalue weighted by Crippen LogP contribution is -2.32. The van der Waals surface area contributed by atoms with Gasteiger partial charge in [0.05, 0.1) is 5.69 Å². The van der Waals surface area contributed by atoms with Gasteiger partial charge in [0.1, 0.15) is 0 Å². The van der Waals surface area contributed by atoms with Gasteiger partial charge in [-0.05, 0) is 13.3 Å². The smallest absolute Gasteiger partial charge is 0.291 e. The first-order valence-corrected chi connectivity index (χ1v) is 5.07. The molecule has 1 amide bonds. The zero-order valence-corrected chi connectivity index (χ0v) is 8.99. The van der Waals surface area contributed by atoms with E-state index in [-0.39, 0.29) is 11.9 Å². The van der Waals surface area contributed by atoms with Crippen LogP contribution in [0.15, 0.2) is 4.42 Å². The molecule has 0 aromatic carbocycles. The molecule has 0 aliphatic carbocycles. The van der Waals surface area contributed by atoms with Gasteiger partial charge in [0.15, 0.2) is 5.89 Å². The van der Waals surface area contributed by atoms with Crippen LogP contribution in [-0.2, 0) is 0 Å². The third-order valence-electron chi connectivity index (χ3n) is 2.61. The lowest BCUT2D eigenvalue weighted by molar-refractivity contribution is 0.0757. The maximum atomic E-state index is 12.0. The van der Waals surface area contributed by atoms with Crippen molar-refractivity contribution >= 4 is 5.91 Å². The minimum atomic E-state index is -0.0962. The van der Waals surface area contributed by atoms with Gasteiger partial charge in [-0.25, -0.2) is 4.98 Å². The molecule has 0 radical (unpaired) electrons. The molecule has 0 saturated carbocycles. The summed E-state index contributed by atoms with van der Waals surface area (Å²) in [6, 6.07) is 0.0956. The van der Waals surface area contributed by atoms with Crippen molar-refractivity contribution in [2.24, 2.45) is 5.73 Å². The summed E-state index contributed by atoms with van der Waals surface area (Å²) in [7, 11) is 0. The fourth-order valence-corrected chi connectivity index (χ4v) is 1.85. The van der Waals surface area contributed by atoms with E-state index in [1.54, 1.807) is 18.7 Å². The minimum Gasteiger partial charge on any atom is -0.436 e. The van der Waals surface area contributed by atoms with Crippen LogP contribution >= 0.6 is 0 Å². The Morgan fingerprint density at radius 2 is 2.33 bits per heavy atom. The van der Waals surface area contributed by atoms with Gasteiger partial charge in [0.2, 0.25) is 5.76 Å². The van der Waals surface area contributed by atoms with Gasteiger partial charge in [0, 0.05) is 26.1 Å². The Morgan fingerprint density at radius 3 is 2.80 bits per heavy atom. The Hall–Kier alpha value is -1.36. The molecule has 0 unspecified atom stereocenters. The largest absolute Gasteiger partial charge is 0.436 e. The second-order valence-corrected chi connectivity index (χ2v) is 3.95. The summed E-state index contributed by atoms with van der Waals surface area (Å²) >= 11 is 0. The molecule has 1 aromatic rings. The van der Waals surface area contributed by atoms with E-state index in [4.69, 9.17) is 10.2 Å². The number of amides is 1. The number of hydrogen-bond acceptors (Lipinski definition) is 4. The van der Waals surface area contributed by atoms with Gasteiger partial charge >= 0.3 is 0 Å². The summed E-state index contributed by atoms with van der Waals surface area (Å²) in [6.07, 6.45) is 0.859. The van der Waals surface area contributed by atoms with Crippen molar-refractivity contribution in [3.05, 3.63) is 17.3 Å².